The first-order valence-corrected chi connectivity index (χ1v) is 6.89. The van der Waals surface area contributed by atoms with Crippen LogP contribution in [0.1, 0.15) is 24.7 Å². The summed E-state index contributed by atoms with van der Waals surface area (Å²) in [6.07, 6.45) is 1.50. The summed E-state index contributed by atoms with van der Waals surface area (Å²) in [6.45, 7) is 6.94. The van der Waals surface area contributed by atoms with Gasteiger partial charge in [-0.05, 0) is 41.7 Å². The number of halogens is 1. The molecule has 0 amide bonds. The number of ether oxygens (including phenoxy) is 1. The highest BCUT2D eigenvalue weighted by molar-refractivity contribution is 9.10. The zero-order valence-corrected chi connectivity index (χ0v) is 12.2. The van der Waals surface area contributed by atoms with Crippen LogP contribution in [0, 0.1) is 12.8 Å². The minimum absolute atomic E-state index is 0.311. The molecule has 0 aliphatic carbocycles. The molecule has 0 aromatic carbocycles. The Balaban J connectivity index is 1.97. The van der Waals surface area contributed by atoms with Crippen LogP contribution in [-0.2, 0) is 18.4 Å². The molecule has 1 saturated heterocycles. The van der Waals surface area contributed by atoms with Crippen molar-refractivity contribution in [3.63, 3.8) is 0 Å². The van der Waals surface area contributed by atoms with Crippen LogP contribution in [0.4, 0.5) is 0 Å². The normalized spacial score (nSPS) is 25.2. The number of aryl methyl sites for hydroxylation is 2. The van der Waals surface area contributed by atoms with Crippen LogP contribution in [0.5, 0.6) is 0 Å². The molecule has 1 aliphatic rings. The Bertz CT molecular complexity index is 391. The molecule has 1 aliphatic heterocycles. The van der Waals surface area contributed by atoms with E-state index in [1.54, 1.807) is 0 Å². The second kappa shape index (κ2) is 5.50. The molecule has 2 heterocycles. The third-order valence-corrected chi connectivity index (χ3v) is 4.48. The Morgan fingerprint density at radius 2 is 2.35 bits per heavy atom. The minimum Gasteiger partial charge on any atom is -0.370 e. The van der Waals surface area contributed by atoms with Crippen LogP contribution < -0.4 is 5.32 Å². The lowest BCUT2D eigenvalue weighted by Crippen LogP contribution is -2.41. The van der Waals surface area contributed by atoms with Gasteiger partial charge >= 0.3 is 0 Å². The number of aromatic nitrogens is 2. The zero-order valence-electron chi connectivity index (χ0n) is 10.7. The van der Waals surface area contributed by atoms with E-state index in [2.05, 4.69) is 33.3 Å². The highest BCUT2D eigenvalue weighted by Crippen LogP contribution is 2.23. The summed E-state index contributed by atoms with van der Waals surface area (Å²) in [5.41, 5.74) is 2.13. The summed E-state index contributed by atoms with van der Waals surface area (Å²) < 4.78 is 8.96. The Labute approximate surface area is 111 Å². The average molecular weight is 302 g/mol. The highest BCUT2D eigenvalue weighted by atomic mass is 79.9. The number of nitrogens with one attached hydrogen (secondary N) is 1. The Kier molecular flexibility index (Phi) is 4.22. The fraction of sp³-hybridized carbons (Fsp3) is 0.750. The van der Waals surface area contributed by atoms with E-state index in [1.165, 1.54) is 6.42 Å². The minimum atomic E-state index is 0.311. The molecule has 0 spiro atoms. The topological polar surface area (TPSA) is 39.1 Å². The van der Waals surface area contributed by atoms with Crippen molar-refractivity contribution in [1.82, 2.24) is 15.1 Å². The molecule has 4 nitrogen and oxygen atoms in total. The van der Waals surface area contributed by atoms with E-state index < -0.39 is 0 Å². The van der Waals surface area contributed by atoms with E-state index in [4.69, 9.17) is 4.74 Å². The monoisotopic (exact) mass is 301 g/mol. The lowest BCUT2D eigenvalue weighted by molar-refractivity contribution is -0.00935. The van der Waals surface area contributed by atoms with Crippen LogP contribution in [-0.4, -0.2) is 29.0 Å². The first-order valence-electron chi connectivity index (χ1n) is 6.10. The summed E-state index contributed by atoms with van der Waals surface area (Å²) in [6, 6.07) is 0. The zero-order chi connectivity index (χ0) is 12.4. The first-order chi connectivity index (χ1) is 8.09. The smallest absolute Gasteiger partial charge is 0.0900 e. The third kappa shape index (κ3) is 2.89. The molecule has 17 heavy (non-hydrogen) atoms. The molecule has 1 aromatic heterocycles. The van der Waals surface area contributed by atoms with E-state index >= 15 is 0 Å². The molecule has 0 saturated carbocycles. The molecule has 0 bridgehead atoms. The fourth-order valence-electron chi connectivity index (χ4n) is 2.21. The van der Waals surface area contributed by atoms with Gasteiger partial charge in [-0.15, -0.1) is 0 Å². The van der Waals surface area contributed by atoms with Crippen LogP contribution >= 0.6 is 15.9 Å². The van der Waals surface area contributed by atoms with Crippen molar-refractivity contribution < 1.29 is 4.74 Å². The molecule has 1 fully saturated rings. The van der Waals surface area contributed by atoms with Crippen molar-refractivity contribution in [2.75, 3.05) is 13.1 Å². The lowest BCUT2D eigenvalue weighted by atomic mass is 9.97. The van der Waals surface area contributed by atoms with Gasteiger partial charge in [0.2, 0.25) is 0 Å². The maximum Gasteiger partial charge on any atom is 0.0900 e. The van der Waals surface area contributed by atoms with Crippen molar-refractivity contribution >= 4 is 15.9 Å². The van der Waals surface area contributed by atoms with Crippen LogP contribution in [0.25, 0.3) is 0 Å². The number of nitrogens with zero attached hydrogens (tertiary/aromatic N) is 2. The SMILES string of the molecule is Cc1nn(C)c(COC2CNCCC2C)c1Br. The van der Waals surface area contributed by atoms with E-state index in [0.717, 1.165) is 29.0 Å². The summed E-state index contributed by atoms with van der Waals surface area (Å²) >= 11 is 3.56. The van der Waals surface area contributed by atoms with Gasteiger partial charge in [-0.1, -0.05) is 6.92 Å². The first kappa shape index (κ1) is 13.1. The van der Waals surface area contributed by atoms with Gasteiger partial charge in [0.1, 0.15) is 0 Å². The van der Waals surface area contributed by atoms with E-state index in [0.29, 0.717) is 18.6 Å². The van der Waals surface area contributed by atoms with Gasteiger partial charge in [0.25, 0.3) is 0 Å². The van der Waals surface area contributed by atoms with Gasteiger partial charge in [-0.25, -0.2) is 0 Å². The number of hydrogen-bond acceptors (Lipinski definition) is 3. The van der Waals surface area contributed by atoms with Crippen molar-refractivity contribution in [2.24, 2.45) is 13.0 Å². The quantitative estimate of drug-likeness (QED) is 0.928. The molecule has 1 aromatic rings. The average Bonchev–Trinajstić information content (AvgIpc) is 2.53. The van der Waals surface area contributed by atoms with Gasteiger partial charge in [-0.3, -0.25) is 4.68 Å². The third-order valence-electron chi connectivity index (χ3n) is 3.45. The van der Waals surface area contributed by atoms with Gasteiger partial charge in [0, 0.05) is 13.6 Å². The molecule has 1 N–H and O–H groups in total. The van der Waals surface area contributed by atoms with Crippen molar-refractivity contribution in [2.45, 2.75) is 33.0 Å². The number of rotatable bonds is 3. The molecular weight excluding hydrogens is 282 g/mol. The summed E-state index contributed by atoms with van der Waals surface area (Å²) in [4.78, 5) is 0. The largest absolute Gasteiger partial charge is 0.370 e. The fourth-order valence-corrected chi connectivity index (χ4v) is 2.66. The molecule has 0 radical (unpaired) electrons. The van der Waals surface area contributed by atoms with Crippen molar-refractivity contribution in [3.8, 4) is 0 Å². The van der Waals surface area contributed by atoms with E-state index in [-0.39, 0.29) is 0 Å². The predicted octanol–water partition coefficient (Wildman–Crippen LogP) is 2.01. The highest BCUT2D eigenvalue weighted by Gasteiger charge is 2.22. The van der Waals surface area contributed by atoms with E-state index in [9.17, 15) is 0 Å². The standard InChI is InChI=1S/C12H20BrN3O/c1-8-4-5-14-6-11(8)17-7-10-12(13)9(2)15-16(10)3/h8,11,14H,4-7H2,1-3H3. The van der Waals surface area contributed by atoms with Gasteiger partial charge < -0.3 is 10.1 Å². The summed E-state index contributed by atoms with van der Waals surface area (Å²) in [7, 11) is 1.96. The van der Waals surface area contributed by atoms with Gasteiger partial charge in [0.05, 0.1) is 28.6 Å². The maximum atomic E-state index is 6.00. The van der Waals surface area contributed by atoms with Crippen LogP contribution in [0.2, 0.25) is 0 Å². The second-order valence-electron chi connectivity index (χ2n) is 4.79. The molecule has 5 heteroatoms. The second-order valence-corrected chi connectivity index (χ2v) is 5.58. The molecule has 2 rings (SSSR count). The van der Waals surface area contributed by atoms with Gasteiger partial charge in [0.15, 0.2) is 0 Å². The van der Waals surface area contributed by atoms with E-state index in [1.807, 2.05) is 18.7 Å². The van der Waals surface area contributed by atoms with Gasteiger partial charge in [-0.2, -0.15) is 5.10 Å². The molecule has 2 unspecified atom stereocenters. The summed E-state index contributed by atoms with van der Waals surface area (Å²) in [5, 5.41) is 7.74. The Hall–Kier alpha value is -0.390. The summed E-state index contributed by atoms with van der Waals surface area (Å²) in [5.74, 6) is 0.629. The van der Waals surface area contributed by atoms with Crippen LogP contribution in [0.3, 0.4) is 0 Å². The molecule has 96 valence electrons. The van der Waals surface area contributed by atoms with Crippen molar-refractivity contribution in [1.29, 1.82) is 0 Å². The lowest BCUT2D eigenvalue weighted by Gasteiger charge is -2.29. The number of hydrogen-bond donors (Lipinski definition) is 1. The van der Waals surface area contributed by atoms with Crippen molar-refractivity contribution in [3.05, 3.63) is 15.9 Å². The number of piperidine rings is 1. The predicted molar refractivity (Wildman–Crippen MR) is 70.9 cm³/mol. The molecular formula is C12H20BrN3O. The van der Waals surface area contributed by atoms with Crippen LogP contribution in [0.15, 0.2) is 4.47 Å². The Morgan fingerprint density at radius 1 is 1.59 bits per heavy atom. The molecule has 2 atom stereocenters. The maximum absolute atomic E-state index is 6.00. The Morgan fingerprint density at radius 3 is 2.94 bits per heavy atom.